The maximum atomic E-state index is 5.60. The smallest absolute Gasteiger partial charge is 0.104 e. The van der Waals surface area contributed by atoms with E-state index < -0.39 is 0 Å². The molecule has 3 rings (SSSR count). The van der Waals surface area contributed by atoms with Crippen LogP contribution >= 0.6 is 11.3 Å². The van der Waals surface area contributed by atoms with Crippen molar-refractivity contribution in [3.63, 3.8) is 0 Å². The van der Waals surface area contributed by atoms with Crippen LogP contribution in [-0.4, -0.2) is 18.2 Å². The Bertz CT molecular complexity index is 555. The molecular weight excluding hydrogens is 266 g/mol. The van der Waals surface area contributed by atoms with E-state index in [9.17, 15) is 0 Å². The first kappa shape index (κ1) is 13.8. The van der Waals surface area contributed by atoms with Crippen LogP contribution in [0.25, 0.3) is 0 Å². The van der Waals surface area contributed by atoms with Crippen molar-refractivity contribution in [2.24, 2.45) is 0 Å². The van der Waals surface area contributed by atoms with Crippen molar-refractivity contribution in [1.29, 1.82) is 0 Å². The molecule has 1 aromatic heterocycles. The summed E-state index contributed by atoms with van der Waals surface area (Å²) >= 11 is 1.81. The molecule has 0 atom stereocenters. The van der Waals surface area contributed by atoms with Gasteiger partial charge in [-0.05, 0) is 24.3 Å². The van der Waals surface area contributed by atoms with E-state index in [1.54, 1.807) is 0 Å². The summed E-state index contributed by atoms with van der Waals surface area (Å²) in [6.07, 6.45) is 2.06. The van der Waals surface area contributed by atoms with Crippen molar-refractivity contribution in [3.8, 4) is 0 Å². The molecule has 0 unspecified atom stereocenters. The Morgan fingerprint density at radius 3 is 2.45 bits per heavy atom. The summed E-state index contributed by atoms with van der Waals surface area (Å²) in [7, 11) is 0. The molecule has 1 aliphatic rings. The number of rotatable bonds is 3. The van der Waals surface area contributed by atoms with Gasteiger partial charge in [-0.15, -0.1) is 11.3 Å². The number of hydrogen-bond donors (Lipinski definition) is 0. The van der Waals surface area contributed by atoms with Gasteiger partial charge in [0, 0.05) is 18.6 Å². The van der Waals surface area contributed by atoms with Crippen LogP contribution in [0.15, 0.2) is 35.7 Å². The Morgan fingerprint density at radius 1 is 1.15 bits per heavy atom. The second-order valence-corrected chi connectivity index (χ2v) is 6.65. The second-order valence-electron chi connectivity index (χ2n) is 5.79. The summed E-state index contributed by atoms with van der Waals surface area (Å²) in [5.74, 6) is 0.493. The number of hydrogen-bond acceptors (Lipinski definition) is 3. The minimum atomic E-state index is 0.0529. The van der Waals surface area contributed by atoms with E-state index >= 15 is 0 Å². The van der Waals surface area contributed by atoms with Crippen molar-refractivity contribution in [1.82, 2.24) is 4.98 Å². The average molecular weight is 287 g/mol. The molecule has 1 saturated heterocycles. The molecule has 0 radical (unpaired) electrons. The first-order chi connectivity index (χ1) is 9.72. The van der Waals surface area contributed by atoms with Gasteiger partial charge in [-0.3, -0.25) is 0 Å². The average Bonchev–Trinajstić information content (AvgIpc) is 2.99. The highest BCUT2D eigenvalue weighted by molar-refractivity contribution is 7.09. The third-order valence-electron chi connectivity index (χ3n) is 4.20. The van der Waals surface area contributed by atoms with Crippen LogP contribution in [-0.2, 0) is 10.2 Å². The fourth-order valence-electron chi connectivity index (χ4n) is 2.87. The first-order valence-corrected chi connectivity index (χ1v) is 8.19. The molecule has 20 heavy (non-hydrogen) atoms. The van der Waals surface area contributed by atoms with Gasteiger partial charge in [-0.25, -0.2) is 4.98 Å². The van der Waals surface area contributed by atoms with E-state index in [2.05, 4.69) is 49.6 Å². The van der Waals surface area contributed by atoms with E-state index in [0.29, 0.717) is 5.92 Å². The maximum Gasteiger partial charge on any atom is 0.104 e. The maximum absolute atomic E-state index is 5.60. The fourth-order valence-corrected chi connectivity index (χ4v) is 4.14. The molecule has 3 heteroatoms. The highest BCUT2D eigenvalue weighted by atomic mass is 32.1. The minimum Gasteiger partial charge on any atom is -0.381 e. The highest BCUT2D eigenvalue weighted by Gasteiger charge is 2.38. The topological polar surface area (TPSA) is 22.1 Å². The zero-order chi connectivity index (χ0) is 14.0. The molecule has 0 amide bonds. The molecule has 2 heterocycles. The van der Waals surface area contributed by atoms with Crippen LogP contribution in [0.2, 0.25) is 0 Å². The monoisotopic (exact) mass is 287 g/mol. The second kappa shape index (κ2) is 5.66. The van der Waals surface area contributed by atoms with Crippen LogP contribution in [0.4, 0.5) is 0 Å². The number of benzene rings is 1. The van der Waals surface area contributed by atoms with Crippen molar-refractivity contribution in [2.75, 3.05) is 13.2 Å². The molecule has 2 nitrogen and oxygen atoms in total. The Labute approximate surface area is 124 Å². The Hall–Kier alpha value is -1.19. The molecule has 106 valence electrons. The molecule has 1 aromatic carbocycles. The minimum absolute atomic E-state index is 0.0529. The molecule has 0 saturated carbocycles. The summed E-state index contributed by atoms with van der Waals surface area (Å²) in [6.45, 7) is 6.06. The lowest BCUT2D eigenvalue weighted by molar-refractivity contribution is 0.0630. The molecule has 2 aromatic rings. The largest absolute Gasteiger partial charge is 0.381 e. The van der Waals surface area contributed by atoms with E-state index in [4.69, 9.17) is 9.72 Å². The van der Waals surface area contributed by atoms with E-state index in [1.165, 1.54) is 16.3 Å². The lowest BCUT2D eigenvalue weighted by Gasteiger charge is -2.36. The lowest BCUT2D eigenvalue weighted by Crippen LogP contribution is -2.35. The summed E-state index contributed by atoms with van der Waals surface area (Å²) in [6, 6.07) is 10.8. The number of thiazole rings is 1. The van der Waals surface area contributed by atoms with E-state index in [1.807, 2.05) is 11.3 Å². The standard InChI is InChI=1S/C17H21NOS/c1-13(2)15-12-20-16(18-15)17(8-10-19-11-9-17)14-6-4-3-5-7-14/h3-7,12-13H,8-11H2,1-2H3. The predicted octanol–water partition coefficient (Wildman–Crippen LogP) is 4.36. The van der Waals surface area contributed by atoms with Gasteiger partial charge in [0.2, 0.25) is 0 Å². The normalized spacial score (nSPS) is 18.4. The van der Waals surface area contributed by atoms with Crippen molar-refractivity contribution >= 4 is 11.3 Å². The van der Waals surface area contributed by atoms with Crippen LogP contribution in [0, 0.1) is 0 Å². The summed E-state index contributed by atoms with van der Waals surface area (Å²) in [4.78, 5) is 4.94. The highest BCUT2D eigenvalue weighted by Crippen LogP contribution is 2.42. The fraction of sp³-hybridized carbons (Fsp3) is 0.471. The third kappa shape index (κ3) is 2.40. The Balaban J connectivity index is 2.05. The van der Waals surface area contributed by atoms with Crippen LogP contribution in [0.5, 0.6) is 0 Å². The van der Waals surface area contributed by atoms with Gasteiger partial charge in [-0.2, -0.15) is 0 Å². The Morgan fingerprint density at radius 2 is 1.85 bits per heavy atom. The van der Waals surface area contributed by atoms with Gasteiger partial charge >= 0.3 is 0 Å². The zero-order valence-corrected chi connectivity index (χ0v) is 13.0. The zero-order valence-electron chi connectivity index (χ0n) is 12.1. The van der Waals surface area contributed by atoms with E-state index in [-0.39, 0.29) is 5.41 Å². The van der Waals surface area contributed by atoms with Gasteiger partial charge in [0.05, 0.1) is 11.1 Å². The number of aromatic nitrogens is 1. The van der Waals surface area contributed by atoms with Crippen molar-refractivity contribution in [3.05, 3.63) is 52.0 Å². The van der Waals surface area contributed by atoms with E-state index in [0.717, 1.165) is 26.1 Å². The molecular formula is C17H21NOS. The third-order valence-corrected chi connectivity index (χ3v) is 5.26. The lowest BCUT2D eigenvalue weighted by atomic mass is 9.74. The molecule has 0 N–H and O–H groups in total. The van der Waals surface area contributed by atoms with Gasteiger partial charge in [0.15, 0.2) is 0 Å². The van der Waals surface area contributed by atoms with Gasteiger partial charge in [0.25, 0.3) is 0 Å². The van der Waals surface area contributed by atoms with Gasteiger partial charge < -0.3 is 4.74 Å². The molecule has 0 spiro atoms. The van der Waals surface area contributed by atoms with Gasteiger partial charge in [-0.1, -0.05) is 44.2 Å². The molecule has 0 aliphatic carbocycles. The molecule has 0 bridgehead atoms. The molecule has 1 fully saturated rings. The van der Waals surface area contributed by atoms with Crippen LogP contribution in [0.3, 0.4) is 0 Å². The first-order valence-electron chi connectivity index (χ1n) is 7.31. The van der Waals surface area contributed by atoms with Crippen molar-refractivity contribution < 1.29 is 4.74 Å². The van der Waals surface area contributed by atoms with Crippen LogP contribution in [0.1, 0.15) is 48.9 Å². The summed E-state index contributed by atoms with van der Waals surface area (Å²) < 4.78 is 5.60. The summed E-state index contributed by atoms with van der Waals surface area (Å²) in [5, 5.41) is 3.48. The van der Waals surface area contributed by atoms with Crippen molar-refractivity contribution in [2.45, 2.75) is 38.0 Å². The van der Waals surface area contributed by atoms with Gasteiger partial charge in [0.1, 0.15) is 5.01 Å². The number of nitrogens with zero attached hydrogens (tertiary/aromatic N) is 1. The molecule has 1 aliphatic heterocycles. The number of ether oxygens (including phenoxy) is 1. The van der Waals surface area contributed by atoms with Crippen LogP contribution < -0.4 is 0 Å². The predicted molar refractivity (Wildman–Crippen MR) is 83.5 cm³/mol. The SMILES string of the molecule is CC(C)c1csc(C2(c3ccccc3)CCOCC2)n1. The Kier molecular flexibility index (Phi) is 3.90. The summed E-state index contributed by atoms with van der Waals surface area (Å²) in [5.41, 5.74) is 2.65. The quantitative estimate of drug-likeness (QED) is 0.836.